The van der Waals surface area contributed by atoms with Gasteiger partial charge in [-0.3, -0.25) is 4.79 Å². The number of carbonyl (C=O) groups is 1. The third-order valence-electron chi connectivity index (χ3n) is 3.45. The molecule has 7 heteroatoms. The highest BCUT2D eigenvalue weighted by atomic mass is 16.2. The number of likely N-dealkylation sites (tertiary alicyclic amines) is 1. The highest BCUT2D eigenvalue weighted by Gasteiger charge is 2.26. The summed E-state index contributed by atoms with van der Waals surface area (Å²) in [7, 11) is 4.08. The lowest BCUT2D eigenvalue weighted by Crippen LogP contribution is -2.47. The molecule has 19 heavy (non-hydrogen) atoms. The van der Waals surface area contributed by atoms with Gasteiger partial charge in [-0.15, -0.1) is 10.2 Å². The Bertz CT molecular complexity index is 432. The zero-order valence-electron chi connectivity index (χ0n) is 11.3. The number of likely N-dealkylation sites (N-methyl/N-ethyl adjacent to an activating group) is 1. The van der Waals surface area contributed by atoms with E-state index in [2.05, 4.69) is 20.5 Å². The van der Waals surface area contributed by atoms with Crippen LogP contribution in [0.5, 0.6) is 0 Å². The Morgan fingerprint density at radius 2 is 2.26 bits per heavy atom. The Morgan fingerprint density at radius 3 is 2.84 bits per heavy atom. The Hall–Kier alpha value is -1.73. The minimum absolute atomic E-state index is 0.0670. The van der Waals surface area contributed by atoms with Crippen LogP contribution in [0.25, 0.3) is 0 Å². The fourth-order valence-electron chi connectivity index (χ4n) is 2.25. The first-order valence-electron chi connectivity index (χ1n) is 6.38. The molecule has 1 unspecified atom stereocenters. The molecule has 1 fully saturated rings. The lowest BCUT2D eigenvalue weighted by Gasteiger charge is -2.35. The summed E-state index contributed by atoms with van der Waals surface area (Å²) < 4.78 is 0. The highest BCUT2D eigenvalue weighted by Crippen LogP contribution is 2.15. The van der Waals surface area contributed by atoms with Gasteiger partial charge >= 0.3 is 0 Å². The van der Waals surface area contributed by atoms with E-state index in [1.54, 1.807) is 12.1 Å². The lowest BCUT2D eigenvalue weighted by atomic mass is 10.0. The van der Waals surface area contributed by atoms with Crippen molar-refractivity contribution in [2.75, 3.05) is 32.6 Å². The Labute approximate surface area is 112 Å². The second kappa shape index (κ2) is 5.94. The van der Waals surface area contributed by atoms with Crippen LogP contribution in [0, 0.1) is 0 Å². The monoisotopic (exact) mass is 264 g/mol. The first kappa shape index (κ1) is 13.7. The van der Waals surface area contributed by atoms with Crippen LogP contribution in [0.1, 0.15) is 23.3 Å². The molecule has 104 valence electrons. The van der Waals surface area contributed by atoms with Crippen LogP contribution in [0.15, 0.2) is 12.1 Å². The quantitative estimate of drug-likeness (QED) is 0.587. The summed E-state index contributed by atoms with van der Waals surface area (Å²) in [4.78, 5) is 16.3. The molecule has 1 aliphatic rings. The maximum absolute atomic E-state index is 12.3. The number of nitrogens with zero attached hydrogens (tertiary/aromatic N) is 4. The zero-order valence-corrected chi connectivity index (χ0v) is 11.3. The molecule has 7 nitrogen and oxygen atoms in total. The molecule has 1 atom stereocenters. The van der Waals surface area contributed by atoms with Crippen molar-refractivity contribution in [3.63, 3.8) is 0 Å². The predicted molar refractivity (Wildman–Crippen MR) is 72.5 cm³/mol. The third-order valence-corrected chi connectivity index (χ3v) is 3.45. The average molecular weight is 264 g/mol. The van der Waals surface area contributed by atoms with E-state index in [-0.39, 0.29) is 5.91 Å². The van der Waals surface area contributed by atoms with Crippen molar-refractivity contribution in [2.45, 2.75) is 18.9 Å². The topological polar surface area (TPSA) is 87.4 Å². The minimum atomic E-state index is -0.0670. The van der Waals surface area contributed by atoms with E-state index in [1.165, 1.54) is 0 Å². The number of nitrogens with two attached hydrogens (primary N) is 1. The molecular weight excluding hydrogens is 244 g/mol. The fourth-order valence-corrected chi connectivity index (χ4v) is 2.25. The Kier molecular flexibility index (Phi) is 4.28. The van der Waals surface area contributed by atoms with Crippen molar-refractivity contribution in [1.29, 1.82) is 0 Å². The van der Waals surface area contributed by atoms with Gasteiger partial charge < -0.3 is 15.2 Å². The average Bonchev–Trinajstić information content (AvgIpc) is 2.46. The van der Waals surface area contributed by atoms with Crippen molar-refractivity contribution >= 4 is 11.7 Å². The van der Waals surface area contributed by atoms with Crippen LogP contribution < -0.4 is 11.3 Å². The summed E-state index contributed by atoms with van der Waals surface area (Å²) in [5.74, 6) is 5.60. The number of amides is 1. The van der Waals surface area contributed by atoms with Crippen LogP contribution >= 0.6 is 0 Å². The summed E-state index contributed by atoms with van der Waals surface area (Å²) >= 11 is 0. The normalized spacial score (nSPS) is 19.6. The second-order valence-electron chi connectivity index (χ2n) is 4.96. The van der Waals surface area contributed by atoms with Gasteiger partial charge in [-0.05, 0) is 39.1 Å². The smallest absolute Gasteiger partial charge is 0.274 e. The number of piperidine rings is 1. The molecule has 0 bridgehead atoms. The zero-order chi connectivity index (χ0) is 13.8. The van der Waals surface area contributed by atoms with E-state index < -0.39 is 0 Å². The number of carbonyl (C=O) groups excluding carboxylic acids is 1. The summed E-state index contributed by atoms with van der Waals surface area (Å²) in [6.45, 7) is 1.52. The van der Waals surface area contributed by atoms with Gasteiger partial charge in [0, 0.05) is 19.1 Å². The first-order chi connectivity index (χ1) is 9.11. The molecule has 3 N–H and O–H groups in total. The van der Waals surface area contributed by atoms with Crippen molar-refractivity contribution in [2.24, 2.45) is 5.84 Å². The number of hydrogen-bond donors (Lipinski definition) is 2. The SMILES string of the molecule is CN(C)C1CCCN(C(=O)c2ccc(NN)nn2)C1. The maximum Gasteiger partial charge on any atom is 0.274 e. The molecule has 2 heterocycles. The molecule has 0 spiro atoms. The number of hydrogen-bond acceptors (Lipinski definition) is 6. The number of anilines is 1. The first-order valence-corrected chi connectivity index (χ1v) is 6.38. The number of nitrogens with one attached hydrogen (secondary N) is 1. The number of nitrogen functional groups attached to an aromatic ring is 1. The van der Waals surface area contributed by atoms with Crippen LogP contribution in [0.3, 0.4) is 0 Å². The molecule has 1 amide bonds. The lowest BCUT2D eigenvalue weighted by molar-refractivity contribution is 0.0628. The summed E-state index contributed by atoms with van der Waals surface area (Å²) in [6.07, 6.45) is 2.14. The van der Waals surface area contributed by atoms with Gasteiger partial charge in [0.1, 0.15) is 0 Å². The van der Waals surface area contributed by atoms with Crippen LogP contribution in [-0.4, -0.2) is 59.1 Å². The summed E-state index contributed by atoms with van der Waals surface area (Å²) in [5, 5.41) is 7.72. The van der Waals surface area contributed by atoms with Gasteiger partial charge in [0.05, 0.1) is 0 Å². The molecule has 1 aromatic rings. The van der Waals surface area contributed by atoms with E-state index in [4.69, 9.17) is 5.84 Å². The van der Waals surface area contributed by atoms with Gasteiger partial charge in [0.15, 0.2) is 11.5 Å². The van der Waals surface area contributed by atoms with E-state index in [1.807, 2.05) is 19.0 Å². The summed E-state index contributed by atoms with van der Waals surface area (Å²) in [6, 6.07) is 3.70. The van der Waals surface area contributed by atoms with Gasteiger partial charge in [-0.25, -0.2) is 5.84 Å². The second-order valence-corrected chi connectivity index (χ2v) is 4.96. The standard InChI is InChI=1S/C12H20N6O/c1-17(2)9-4-3-7-18(8-9)12(19)10-5-6-11(14-13)16-15-10/h5-6,9H,3-4,7-8,13H2,1-2H3,(H,14,16). The molecule has 1 aliphatic heterocycles. The molecule has 1 aromatic heterocycles. The van der Waals surface area contributed by atoms with Crippen molar-refractivity contribution in [3.05, 3.63) is 17.8 Å². The maximum atomic E-state index is 12.3. The minimum Gasteiger partial charge on any atom is -0.336 e. The fraction of sp³-hybridized carbons (Fsp3) is 0.583. The Morgan fingerprint density at radius 1 is 1.47 bits per heavy atom. The van der Waals surface area contributed by atoms with Gasteiger partial charge in [0.25, 0.3) is 5.91 Å². The van der Waals surface area contributed by atoms with Crippen LogP contribution in [0.2, 0.25) is 0 Å². The van der Waals surface area contributed by atoms with Crippen LogP contribution in [0.4, 0.5) is 5.82 Å². The molecule has 1 saturated heterocycles. The Balaban J connectivity index is 2.05. The van der Waals surface area contributed by atoms with Gasteiger partial charge in [0.2, 0.25) is 0 Å². The van der Waals surface area contributed by atoms with Gasteiger partial charge in [-0.1, -0.05) is 0 Å². The van der Waals surface area contributed by atoms with Crippen LogP contribution in [-0.2, 0) is 0 Å². The van der Waals surface area contributed by atoms with E-state index in [0.29, 0.717) is 17.6 Å². The van der Waals surface area contributed by atoms with Gasteiger partial charge in [-0.2, -0.15) is 0 Å². The number of rotatable bonds is 3. The molecule has 2 rings (SSSR count). The molecule has 0 saturated carbocycles. The molecule has 0 radical (unpaired) electrons. The largest absolute Gasteiger partial charge is 0.336 e. The third kappa shape index (κ3) is 3.18. The van der Waals surface area contributed by atoms with E-state index >= 15 is 0 Å². The molecular formula is C12H20N6O. The molecule has 0 aromatic carbocycles. The van der Waals surface area contributed by atoms with Crippen molar-refractivity contribution in [1.82, 2.24) is 20.0 Å². The molecule has 0 aliphatic carbocycles. The number of hydrazine groups is 1. The number of aromatic nitrogens is 2. The van der Waals surface area contributed by atoms with E-state index in [9.17, 15) is 4.79 Å². The van der Waals surface area contributed by atoms with Crippen molar-refractivity contribution in [3.8, 4) is 0 Å². The van der Waals surface area contributed by atoms with Crippen molar-refractivity contribution < 1.29 is 4.79 Å². The highest BCUT2D eigenvalue weighted by molar-refractivity contribution is 5.92. The van der Waals surface area contributed by atoms with E-state index in [0.717, 1.165) is 25.9 Å². The predicted octanol–water partition coefficient (Wildman–Crippen LogP) is -0.0716. The summed E-state index contributed by atoms with van der Waals surface area (Å²) in [5.41, 5.74) is 2.75.